The van der Waals surface area contributed by atoms with Crippen LogP contribution in [0, 0.1) is 0 Å². The van der Waals surface area contributed by atoms with Gasteiger partial charge in [0.05, 0.1) is 29.9 Å². The van der Waals surface area contributed by atoms with Crippen LogP contribution in [0.3, 0.4) is 0 Å². The first-order chi connectivity index (χ1) is 11.1. The molecule has 2 unspecified atom stereocenters. The number of nitrogens with zero attached hydrogens (tertiary/aromatic N) is 1. The van der Waals surface area contributed by atoms with E-state index in [1.165, 1.54) is 18.7 Å². The summed E-state index contributed by atoms with van der Waals surface area (Å²) in [4.78, 5) is 13.3. The zero-order chi connectivity index (χ0) is 18.6. The number of esters is 1. The fourth-order valence-corrected chi connectivity index (χ4v) is 1.66. The molecule has 2 atom stereocenters. The quantitative estimate of drug-likeness (QED) is 0.742. The lowest BCUT2D eigenvalue weighted by atomic mass is 10.1. The molecule has 0 aliphatic carbocycles. The Hall–Kier alpha value is -1.59. The summed E-state index contributed by atoms with van der Waals surface area (Å²) in [5, 5.41) is 19.2. The smallest absolute Gasteiger partial charge is 0.338 e. The van der Waals surface area contributed by atoms with Crippen molar-refractivity contribution in [3.05, 3.63) is 29.7 Å². The Morgan fingerprint density at radius 3 is 2.15 bits per heavy atom. The molecule has 0 aliphatic rings. The Kier molecular flexibility index (Phi) is 4.37. The topological polar surface area (TPSA) is 70.0 Å². The van der Waals surface area contributed by atoms with E-state index in [1.807, 2.05) is 0 Å². The highest BCUT2D eigenvalue weighted by Crippen LogP contribution is 2.17. The first kappa shape index (κ1) is 11.1. The monoisotopic (exact) mass is 285 g/mol. The number of hydrogen-bond donors (Lipinski definition) is 2. The number of rotatable bonds is 7. The zero-order valence-corrected chi connectivity index (χ0v) is 11.9. The highest BCUT2D eigenvalue weighted by Gasteiger charge is 2.13. The lowest BCUT2D eigenvalue weighted by Crippen LogP contribution is -2.36. The number of carbonyl (C=O) groups excluding carboxylic acids is 1. The first-order valence-corrected chi connectivity index (χ1v) is 6.50. The van der Waals surface area contributed by atoms with Crippen molar-refractivity contribution in [1.29, 1.82) is 0 Å². The van der Waals surface area contributed by atoms with E-state index in [0.29, 0.717) is 0 Å². The van der Waals surface area contributed by atoms with Gasteiger partial charge >= 0.3 is 5.97 Å². The minimum Gasteiger partial charge on any atom is -0.462 e. The molecule has 1 rings (SSSR count). The van der Waals surface area contributed by atoms with E-state index >= 15 is 0 Å². The highest BCUT2D eigenvalue weighted by molar-refractivity contribution is 5.89. The Morgan fingerprint density at radius 2 is 1.75 bits per heavy atom. The predicted octanol–water partition coefficient (Wildman–Crippen LogP) is 1.43. The van der Waals surface area contributed by atoms with E-state index in [2.05, 4.69) is 0 Å². The lowest BCUT2D eigenvalue weighted by Gasteiger charge is -2.27. The maximum atomic E-state index is 11.9. The molecular weight excluding hydrogens is 258 g/mol. The van der Waals surface area contributed by atoms with Crippen LogP contribution in [-0.2, 0) is 4.74 Å². The second kappa shape index (κ2) is 7.87. The van der Waals surface area contributed by atoms with Gasteiger partial charge in [-0.1, -0.05) is 0 Å². The van der Waals surface area contributed by atoms with Crippen molar-refractivity contribution < 1.29 is 25.2 Å². The molecule has 0 spiro atoms. The van der Waals surface area contributed by atoms with Crippen LogP contribution in [0.1, 0.15) is 36.6 Å². The molecule has 112 valence electrons. The number of anilines is 1. The molecule has 0 aliphatic heterocycles. The molecule has 0 radical (unpaired) electrons. The molecule has 0 bridgehead atoms. The Morgan fingerprint density at radius 1 is 1.25 bits per heavy atom. The number of ether oxygens (including phenoxy) is 1. The predicted molar refractivity (Wildman–Crippen MR) is 78.0 cm³/mol. The van der Waals surface area contributed by atoms with Gasteiger partial charge in [0, 0.05) is 18.8 Å². The van der Waals surface area contributed by atoms with Gasteiger partial charge in [0.25, 0.3) is 0 Å². The van der Waals surface area contributed by atoms with Crippen molar-refractivity contribution in [3.63, 3.8) is 0 Å². The van der Waals surface area contributed by atoms with Gasteiger partial charge in [-0.2, -0.15) is 0 Å². The number of benzene rings is 1. The summed E-state index contributed by atoms with van der Waals surface area (Å²) >= 11 is 0. The van der Waals surface area contributed by atoms with Crippen LogP contribution in [0.5, 0.6) is 0 Å². The van der Waals surface area contributed by atoms with Crippen molar-refractivity contribution in [3.8, 4) is 0 Å². The fraction of sp³-hybridized carbons (Fsp3) is 0.533. The molecular formula is C15H23NO4. The Labute approximate surface area is 125 Å². The summed E-state index contributed by atoms with van der Waals surface area (Å²) < 4.78 is 37.0. The van der Waals surface area contributed by atoms with Crippen LogP contribution in [0.25, 0.3) is 0 Å². The van der Waals surface area contributed by atoms with Gasteiger partial charge in [-0.3, -0.25) is 0 Å². The largest absolute Gasteiger partial charge is 0.462 e. The highest BCUT2D eigenvalue weighted by atomic mass is 16.5. The third-order valence-corrected chi connectivity index (χ3v) is 2.38. The first-order valence-electron chi connectivity index (χ1n) is 8.50. The van der Waals surface area contributed by atoms with Gasteiger partial charge < -0.3 is 19.8 Å². The second-order valence-corrected chi connectivity index (χ2v) is 4.55. The fourth-order valence-electron chi connectivity index (χ4n) is 1.66. The van der Waals surface area contributed by atoms with Crippen molar-refractivity contribution >= 4 is 11.7 Å². The molecule has 0 fully saturated rings. The van der Waals surface area contributed by atoms with Crippen LogP contribution < -0.4 is 4.90 Å². The van der Waals surface area contributed by atoms with Crippen molar-refractivity contribution in [2.45, 2.75) is 33.0 Å². The number of carbonyl (C=O) groups is 1. The number of aliphatic hydroxyl groups excluding tert-OH is 2. The van der Waals surface area contributed by atoms with E-state index in [-0.39, 0.29) is 25.4 Å². The summed E-state index contributed by atoms with van der Waals surface area (Å²) in [5.74, 6) is -0.918. The molecule has 0 saturated carbocycles. The summed E-state index contributed by atoms with van der Waals surface area (Å²) in [6.07, 6.45) is -1.62. The van der Waals surface area contributed by atoms with Gasteiger partial charge in [-0.05, 0) is 44.9 Å². The van der Waals surface area contributed by atoms with E-state index in [4.69, 9.17) is 10.2 Å². The maximum absolute atomic E-state index is 11.9. The summed E-state index contributed by atoms with van der Waals surface area (Å²) in [7, 11) is 0. The summed E-state index contributed by atoms with van der Waals surface area (Å²) in [6.45, 7) is 4.68. The SMILES string of the molecule is [2H]c1c([2H])c(N(CC(C)O)CC(C)O)c([2H])c([2H])c1C(=O)OCC. The average Bonchev–Trinajstić information content (AvgIpc) is 2.44. The Bertz CT molecular complexity index is 569. The number of aliphatic hydroxyl groups is 2. The molecule has 0 amide bonds. The molecule has 5 heteroatoms. The number of hydrogen-bond acceptors (Lipinski definition) is 5. The van der Waals surface area contributed by atoms with E-state index in [1.54, 1.807) is 6.92 Å². The van der Waals surface area contributed by atoms with Crippen LogP contribution in [0.2, 0.25) is 0 Å². The van der Waals surface area contributed by atoms with E-state index in [0.717, 1.165) is 0 Å². The van der Waals surface area contributed by atoms with Crippen LogP contribution in [0.15, 0.2) is 24.2 Å². The van der Waals surface area contributed by atoms with Crippen molar-refractivity contribution in [2.24, 2.45) is 0 Å². The van der Waals surface area contributed by atoms with Crippen LogP contribution in [-0.4, -0.2) is 48.1 Å². The third kappa shape index (κ3) is 5.19. The normalized spacial score (nSPS) is 16.4. The van der Waals surface area contributed by atoms with E-state index < -0.39 is 47.9 Å². The summed E-state index contributed by atoms with van der Waals surface area (Å²) in [6, 6.07) is -1.85. The molecule has 0 heterocycles. The lowest BCUT2D eigenvalue weighted by molar-refractivity contribution is 0.0526. The average molecular weight is 285 g/mol. The Balaban J connectivity index is 3.51. The minimum absolute atomic E-state index is 0.0142. The summed E-state index contributed by atoms with van der Waals surface area (Å²) in [5.41, 5.74) is -0.496. The molecule has 0 aromatic heterocycles. The molecule has 2 N–H and O–H groups in total. The van der Waals surface area contributed by atoms with Gasteiger partial charge in [-0.15, -0.1) is 0 Å². The second-order valence-electron chi connectivity index (χ2n) is 4.55. The van der Waals surface area contributed by atoms with Gasteiger partial charge in [0.15, 0.2) is 0 Å². The maximum Gasteiger partial charge on any atom is 0.338 e. The van der Waals surface area contributed by atoms with Crippen LogP contribution >= 0.6 is 0 Å². The molecule has 1 aromatic carbocycles. The van der Waals surface area contributed by atoms with Crippen molar-refractivity contribution in [2.75, 3.05) is 24.6 Å². The third-order valence-electron chi connectivity index (χ3n) is 2.38. The van der Waals surface area contributed by atoms with Crippen LogP contribution in [0.4, 0.5) is 5.69 Å². The van der Waals surface area contributed by atoms with Crippen molar-refractivity contribution in [1.82, 2.24) is 0 Å². The molecule has 1 aromatic rings. The van der Waals surface area contributed by atoms with E-state index in [9.17, 15) is 15.0 Å². The molecule has 20 heavy (non-hydrogen) atoms. The van der Waals surface area contributed by atoms with Gasteiger partial charge in [-0.25, -0.2) is 4.79 Å². The standard InChI is InChI=1S/C15H23NO4/c1-4-20-15(19)13-5-7-14(8-6-13)16(9-11(2)17)10-12(3)18/h5-8,11-12,17-18H,4,9-10H2,1-3H3/i5D,6D,7D,8D. The zero-order valence-electron chi connectivity index (χ0n) is 15.9. The molecule has 0 saturated heterocycles. The molecule has 5 nitrogen and oxygen atoms in total. The minimum atomic E-state index is -0.918. The van der Waals surface area contributed by atoms with Gasteiger partial charge in [0.2, 0.25) is 0 Å². The van der Waals surface area contributed by atoms with Gasteiger partial charge in [0.1, 0.15) is 0 Å².